The number of aryl methyl sites for hydroxylation is 1. The fourth-order valence-electron chi connectivity index (χ4n) is 2.00. The fraction of sp³-hybridized carbons (Fsp3) is 0.538. The van der Waals surface area contributed by atoms with Gasteiger partial charge in [0.1, 0.15) is 12.4 Å². The molecule has 0 saturated heterocycles. The van der Waals surface area contributed by atoms with Crippen molar-refractivity contribution in [3.63, 3.8) is 0 Å². The van der Waals surface area contributed by atoms with Gasteiger partial charge in [-0.3, -0.25) is 4.79 Å². The first kappa shape index (κ1) is 12.7. The predicted molar refractivity (Wildman–Crippen MR) is 70.4 cm³/mol. The number of ether oxygens (including phenoxy) is 1. The topological polar surface area (TPSA) is 68.5 Å². The van der Waals surface area contributed by atoms with Crippen molar-refractivity contribution in [2.45, 2.75) is 32.7 Å². The van der Waals surface area contributed by atoms with Crippen LogP contribution >= 0.6 is 0 Å². The fourth-order valence-corrected chi connectivity index (χ4v) is 2.00. The normalized spacial score (nSPS) is 14.3. The Balaban J connectivity index is 2.16. The number of carbonyl (C=O) groups is 1. The molecule has 0 aromatic carbocycles. The van der Waals surface area contributed by atoms with Gasteiger partial charge in [0.2, 0.25) is 0 Å². The zero-order chi connectivity index (χ0) is 13.1. The number of nitrogen functional groups attached to an aromatic ring is 1. The van der Waals surface area contributed by atoms with E-state index in [1.165, 1.54) is 0 Å². The highest BCUT2D eigenvalue weighted by Gasteiger charge is 2.32. The Morgan fingerprint density at radius 3 is 2.89 bits per heavy atom. The van der Waals surface area contributed by atoms with Crippen molar-refractivity contribution >= 4 is 17.5 Å². The first-order chi connectivity index (χ1) is 8.61. The lowest BCUT2D eigenvalue weighted by Crippen LogP contribution is -2.34. The molecule has 1 aromatic rings. The van der Waals surface area contributed by atoms with Crippen LogP contribution in [-0.2, 0) is 9.53 Å². The third-order valence-corrected chi connectivity index (χ3v) is 2.94. The molecule has 1 aliphatic rings. The molecule has 5 nitrogen and oxygen atoms in total. The Hall–Kier alpha value is -1.78. The summed E-state index contributed by atoms with van der Waals surface area (Å²) in [6.07, 6.45) is 3.83. The van der Waals surface area contributed by atoms with Crippen LogP contribution in [0.2, 0.25) is 0 Å². The van der Waals surface area contributed by atoms with Crippen LogP contribution in [0.3, 0.4) is 0 Å². The van der Waals surface area contributed by atoms with Crippen molar-refractivity contribution in [1.82, 2.24) is 4.98 Å². The summed E-state index contributed by atoms with van der Waals surface area (Å²) in [5, 5.41) is 0. The summed E-state index contributed by atoms with van der Waals surface area (Å²) in [7, 11) is 0. The molecule has 1 heterocycles. The van der Waals surface area contributed by atoms with Crippen LogP contribution < -0.4 is 10.6 Å². The molecule has 18 heavy (non-hydrogen) atoms. The van der Waals surface area contributed by atoms with E-state index in [9.17, 15) is 4.79 Å². The Morgan fingerprint density at radius 2 is 2.33 bits per heavy atom. The SMILES string of the molecule is CCOC(=O)CN(c1ncc(N)cc1C)C1CC1. The molecule has 1 aliphatic carbocycles. The third-order valence-electron chi connectivity index (χ3n) is 2.94. The molecule has 5 heteroatoms. The molecule has 1 aromatic heterocycles. The van der Waals surface area contributed by atoms with Gasteiger partial charge >= 0.3 is 5.97 Å². The van der Waals surface area contributed by atoms with E-state index >= 15 is 0 Å². The minimum atomic E-state index is -0.206. The molecule has 1 saturated carbocycles. The monoisotopic (exact) mass is 249 g/mol. The van der Waals surface area contributed by atoms with Crippen molar-refractivity contribution in [3.05, 3.63) is 17.8 Å². The van der Waals surface area contributed by atoms with Crippen molar-refractivity contribution < 1.29 is 9.53 Å². The molecule has 0 radical (unpaired) electrons. The van der Waals surface area contributed by atoms with E-state index in [1.807, 2.05) is 24.8 Å². The molecule has 0 spiro atoms. The lowest BCUT2D eigenvalue weighted by Gasteiger charge is -2.24. The van der Waals surface area contributed by atoms with Crippen LogP contribution in [0.15, 0.2) is 12.3 Å². The summed E-state index contributed by atoms with van der Waals surface area (Å²) in [4.78, 5) is 18.0. The van der Waals surface area contributed by atoms with E-state index in [1.54, 1.807) is 6.20 Å². The van der Waals surface area contributed by atoms with Crippen LogP contribution in [0.1, 0.15) is 25.3 Å². The van der Waals surface area contributed by atoms with Crippen molar-refractivity contribution in [2.75, 3.05) is 23.8 Å². The highest BCUT2D eigenvalue weighted by atomic mass is 16.5. The molecular weight excluding hydrogens is 230 g/mol. The number of nitrogens with zero attached hydrogens (tertiary/aromatic N) is 2. The van der Waals surface area contributed by atoms with E-state index in [4.69, 9.17) is 10.5 Å². The van der Waals surface area contributed by atoms with Gasteiger partial charge in [-0.05, 0) is 38.3 Å². The second kappa shape index (κ2) is 5.25. The maximum absolute atomic E-state index is 11.6. The number of esters is 1. The average molecular weight is 249 g/mol. The van der Waals surface area contributed by atoms with Crippen LogP contribution in [0.5, 0.6) is 0 Å². The van der Waals surface area contributed by atoms with Gasteiger partial charge in [0.25, 0.3) is 0 Å². The minimum Gasteiger partial charge on any atom is -0.465 e. The van der Waals surface area contributed by atoms with Gasteiger partial charge in [0.05, 0.1) is 18.5 Å². The summed E-state index contributed by atoms with van der Waals surface area (Å²) in [5.41, 5.74) is 7.33. The zero-order valence-electron chi connectivity index (χ0n) is 10.8. The van der Waals surface area contributed by atoms with Gasteiger partial charge < -0.3 is 15.4 Å². The van der Waals surface area contributed by atoms with Gasteiger partial charge in [0, 0.05) is 6.04 Å². The van der Waals surface area contributed by atoms with Gasteiger partial charge in [-0.2, -0.15) is 0 Å². The maximum Gasteiger partial charge on any atom is 0.325 e. The zero-order valence-corrected chi connectivity index (χ0v) is 10.8. The second-order valence-corrected chi connectivity index (χ2v) is 4.57. The van der Waals surface area contributed by atoms with Gasteiger partial charge in [-0.25, -0.2) is 4.98 Å². The summed E-state index contributed by atoms with van der Waals surface area (Å²) in [6.45, 7) is 4.44. The third kappa shape index (κ3) is 2.91. The standard InChI is InChI=1S/C13H19N3O2/c1-3-18-12(17)8-16(11-4-5-11)13-9(2)6-10(14)7-15-13/h6-7,11H,3-5,8,14H2,1-2H3. The molecule has 1 fully saturated rings. The molecule has 98 valence electrons. The number of hydrogen-bond donors (Lipinski definition) is 1. The highest BCUT2D eigenvalue weighted by Crippen LogP contribution is 2.32. The van der Waals surface area contributed by atoms with Crippen molar-refractivity contribution in [1.29, 1.82) is 0 Å². The summed E-state index contributed by atoms with van der Waals surface area (Å²) in [5.74, 6) is 0.627. The molecule has 2 rings (SSSR count). The average Bonchev–Trinajstić information content (AvgIpc) is 3.11. The predicted octanol–water partition coefficient (Wildman–Crippen LogP) is 1.50. The number of aromatic nitrogens is 1. The Kier molecular flexibility index (Phi) is 3.69. The van der Waals surface area contributed by atoms with Crippen LogP contribution in [0.4, 0.5) is 11.5 Å². The van der Waals surface area contributed by atoms with Crippen LogP contribution in [0, 0.1) is 6.92 Å². The molecule has 0 unspecified atom stereocenters. The molecule has 0 aliphatic heterocycles. The number of anilines is 2. The van der Waals surface area contributed by atoms with E-state index in [2.05, 4.69) is 4.98 Å². The Morgan fingerprint density at radius 1 is 1.61 bits per heavy atom. The number of nitrogens with two attached hydrogens (primary N) is 1. The van der Waals surface area contributed by atoms with Crippen molar-refractivity contribution in [2.24, 2.45) is 0 Å². The van der Waals surface area contributed by atoms with Crippen LogP contribution in [0.25, 0.3) is 0 Å². The first-order valence-corrected chi connectivity index (χ1v) is 6.26. The van der Waals surface area contributed by atoms with Gasteiger partial charge in [-0.15, -0.1) is 0 Å². The smallest absolute Gasteiger partial charge is 0.325 e. The lowest BCUT2D eigenvalue weighted by molar-refractivity contribution is -0.141. The second-order valence-electron chi connectivity index (χ2n) is 4.57. The summed E-state index contributed by atoms with van der Waals surface area (Å²) in [6, 6.07) is 2.28. The molecule has 0 atom stereocenters. The molecular formula is C13H19N3O2. The van der Waals surface area contributed by atoms with Crippen LogP contribution in [-0.4, -0.2) is 30.1 Å². The van der Waals surface area contributed by atoms with Gasteiger partial charge in [0.15, 0.2) is 0 Å². The van der Waals surface area contributed by atoms with E-state index in [0.29, 0.717) is 18.3 Å². The molecule has 0 bridgehead atoms. The summed E-state index contributed by atoms with van der Waals surface area (Å²) >= 11 is 0. The molecule has 2 N–H and O–H groups in total. The highest BCUT2D eigenvalue weighted by molar-refractivity contribution is 5.76. The lowest BCUT2D eigenvalue weighted by atomic mass is 10.2. The molecule has 0 amide bonds. The number of rotatable bonds is 5. The Bertz CT molecular complexity index is 444. The largest absolute Gasteiger partial charge is 0.465 e. The Labute approximate surface area is 107 Å². The number of pyridine rings is 1. The minimum absolute atomic E-state index is 0.206. The number of hydrogen-bond acceptors (Lipinski definition) is 5. The van der Waals surface area contributed by atoms with Gasteiger partial charge in [-0.1, -0.05) is 0 Å². The summed E-state index contributed by atoms with van der Waals surface area (Å²) < 4.78 is 5.00. The first-order valence-electron chi connectivity index (χ1n) is 6.26. The quantitative estimate of drug-likeness (QED) is 0.801. The van der Waals surface area contributed by atoms with E-state index in [-0.39, 0.29) is 12.5 Å². The van der Waals surface area contributed by atoms with Crippen molar-refractivity contribution in [3.8, 4) is 0 Å². The van der Waals surface area contributed by atoms with E-state index < -0.39 is 0 Å². The number of carbonyl (C=O) groups excluding carboxylic acids is 1. The maximum atomic E-state index is 11.6. The van der Waals surface area contributed by atoms with E-state index in [0.717, 1.165) is 24.2 Å².